The Morgan fingerprint density at radius 3 is 2.71 bits per heavy atom. The van der Waals surface area contributed by atoms with E-state index in [2.05, 4.69) is 15.6 Å². The summed E-state index contributed by atoms with van der Waals surface area (Å²) in [6.45, 7) is 5.14. The number of amides is 3. The fourth-order valence-electron chi connectivity index (χ4n) is 2.12. The van der Waals surface area contributed by atoms with Gasteiger partial charge in [0, 0.05) is 22.9 Å². The number of esters is 1. The molecule has 150 valence electrons. The average Bonchev–Trinajstić information content (AvgIpc) is 3.09. The van der Waals surface area contributed by atoms with E-state index in [1.807, 2.05) is 38.3 Å². The molecule has 3 amide bonds. The van der Waals surface area contributed by atoms with Crippen LogP contribution in [0.3, 0.4) is 0 Å². The van der Waals surface area contributed by atoms with Crippen molar-refractivity contribution in [2.75, 3.05) is 6.61 Å². The SMILES string of the molecule is CC[C@@H](C)NC(=O)NC(=O)COC(=O)c1ccccc1CSc1nc(C)cs1. The number of aromatic nitrogens is 1. The molecule has 7 nitrogen and oxygen atoms in total. The molecule has 2 aromatic rings. The average molecular weight is 422 g/mol. The summed E-state index contributed by atoms with van der Waals surface area (Å²) in [5, 5.41) is 6.71. The third-order valence-corrected chi connectivity index (χ3v) is 5.95. The van der Waals surface area contributed by atoms with E-state index in [9.17, 15) is 14.4 Å². The number of hydrogen-bond donors (Lipinski definition) is 2. The van der Waals surface area contributed by atoms with E-state index >= 15 is 0 Å². The number of nitrogens with one attached hydrogen (secondary N) is 2. The summed E-state index contributed by atoms with van der Waals surface area (Å²) in [5.74, 6) is -0.731. The first kappa shape index (κ1) is 21.9. The van der Waals surface area contributed by atoms with Gasteiger partial charge in [-0.3, -0.25) is 10.1 Å². The molecule has 0 aliphatic rings. The predicted octanol–water partition coefficient (Wildman–Crippen LogP) is 3.52. The predicted molar refractivity (Wildman–Crippen MR) is 110 cm³/mol. The Balaban J connectivity index is 1.88. The van der Waals surface area contributed by atoms with Crippen LogP contribution in [0.15, 0.2) is 34.0 Å². The van der Waals surface area contributed by atoms with Crippen LogP contribution in [0.25, 0.3) is 0 Å². The second kappa shape index (κ2) is 10.8. The Kier molecular flexibility index (Phi) is 8.46. The van der Waals surface area contributed by atoms with Gasteiger partial charge in [0.15, 0.2) is 6.61 Å². The maximum atomic E-state index is 12.4. The van der Waals surface area contributed by atoms with Crippen molar-refractivity contribution in [1.82, 2.24) is 15.6 Å². The number of ether oxygens (including phenoxy) is 1. The lowest BCUT2D eigenvalue weighted by Crippen LogP contribution is -2.44. The summed E-state index contributed by atoms with van der Waals surface area (Å²) >= 11 is 3.09. The second-order valence-electron chi connectivity index (χ2n) is 6.11. The van der Waals surface area contributed by atoms with E-state index in [0.717, 1.165) is 22.0 Å². The third-order valence-electron chi connectivity index (χ3n) is 3.76. The molecule has 0 bridgehead atoms. The van der Waals surface area contributed by atoms with Gasteiger partial charge in [-0.05, 0) is 31.9 Å². The first-order valence-corrected chi connectivity index (χ1v) is 10.7. The Hall–Kier alpha value is -2.39. The van der Waals surface area contributed by atoms with Gasteiger partial charge in [-0.15, -0.1) is 11.3 Å². The van der Waals surface area contributed by atoms with E-state index in [1.165, 1.54) is 11.8 Å². The fraction of sp³-hybridized carbons (Fsp3) is 0.368. The number of carbonyl (C=O) groups excluding carboxylic acids is 3. The molecular weight excluding hydrogens is 398 g/mol. The van der Waals surface area contributed by atoms with Crippen LogP contribution < -0.4 is 10.6 Å². The molecule has 0 spiro atoms. The fourth-order valence-corrected chi connectivity index (χ4v) is 3.97. The molecule has 1 heterocycles. The standard InChI is InChI=1S/C19H23N3O4S2/c1-4-12(2)20-18(25)22-16(23)9-26-17(24)15-8-6-5-7-14(15)11-28-19-21-13(3)10-27-19/h5-8,10,12H,4,9,11H2,1-3H3,(H2,20,22,23,25)/t12-/m1/s1. The van der Waals surface area contributed by atoms with Crippen molar-refractivity contribution >= 4 is 41.0 Å². The monoisotopic (exact) mass is 421 g/mol. The molecule has 2 N–H and O–H groups in total. The van der Waals surface area contributed by atoms with Crippen molar-refractivity contribution in [3.63, 3.8) is 0 Å². The van der Waals surface area contributed by atoms with Crippen molar-refractivity contribution < 1.29 is 19.1 Å². The normalized spacial score (nSPS) is 11.5. The Bertz CT molecular complexity index is 838. The number of imide groups is 1. The molecule has 0 unspecified atom stereocenters. The molecule has 9 heteroatoms. The van der Waals surface area contributed by atoms with Crippen LogP contribution >= 0.6 is 23.1 Å². The van der Waals surface area contributed by atoms with Gasteiger partial charge in [0.25, 0.3) is 5.91 Å². The number of aryl methyl sites for hydroxylation is 1. The number of thioether (sulfide) groups is 1. The van der Waals surface area contributed by atoms with E-state index in [-0.39, 0.29) is 6.04 Å². The molecule has 0 aliphatic carbocycles. The Morgan fingerprint density at radius 2 is 2.04 bits per heavy atom. The molecule has 0 fully saturated rings. The zero-order chi connectivity index (χ0) is 20.5. The summed E-state index contributed by atoms with van der Waals surface area (Å²) in [7, 11) is 0. The number of hydrogen-bond acceptors (Lipinski definition) is 7. The minimum Gasteiger partial charge on any atom is -0.452 e. The van der Waals surface area contributed by atoms with Crippen LogP contribution in [0.4, 0.5) is 4.79 Å². The van der Waals surface area contributed by atoms with Crippen molar-refractivity contribution in [3.05, 3.63) is 46.5 Å². The van der Waals surface area contributed by atoms with E-state index < -0.39 is 24.5 Å². The lowest BCUT2D eigenvalue weighted by atomic mass is 10.1. The van der Waals surface area contributed by atoms with Gasteiger partial charge in [0.1, 0.15) is 4.34 Å². The summed E-state index contributed by atoms with van der Waals surface area (Å²) < 4.78 is 5.99. The molecule has 1 aromatic carbocycles. The molecular formula is C19H23N3O4S2. The number of nitrogens with zero attached hydrogens (tertiary/aromatic N) is 1. The second-order valence-corrected chi connectivity index (χ2v) is 8.19. The summed E-state index contributed by atoms with van der Waals surface area (Å²) in [6, 6.07) is 6.40. The molecule has 28 heavy (non-hydrogen) atoms. The zero-order valence-corrected chi connectivity index (χ0v) is 17.6. The largest absolute Gasteiger partial charge is 0.452 e. The molecule has 0 radical (unpaired) electrons. The van der Waals surface area contributed by atoms with Gasteiger partial charge in [0.05, 0.1) is 5.56 Å². The van der Waals surface area contributed by atoms with Crippen LogP contribution in [-0.4, -0.2) is 35.5 Å². The van der Waals surface area contributed by atoms with Crippen molar-refractivity contribution in [1.29, 1.82) is 0 Å². The first-order valence-electron chi connectivity index (χ1n) is 8.79. The van der Waals surface area contributed by atoms with Crippen LogP contribution in [0.5, 0.6) is 0 Å². The van der Waals surface area contributed by atoms with E-state index in [1.54, 1.807) is 23.5 Å². The van der Waals surface area contributed by atoms with Crippen molar-refractivity contribution in [2.24, 2.45) is 0 Å². The highest BCUT2D eigenvalue weighted by Crippen LogP contribution is 2.27. The van der Waals surface area contributed by atoms with Crippen LogP contribution in [0, 0.1) is 6.92 Å². The van der Waals surface area contributed by atoms with E-state index in [4.69, 9.17) is 4.74 Å². The van der Waals surface area contributed by atoms with Gasteiger partial charge in [-0.25, -0.2) is 14.6 Å². The molecule has 0 saturated heterocycles. The van der Waals surface area contributed by atoms with Crippen molar-refractivity contribution in [2.45, 2.75) is 43.3 Å². The number of thiazole rings is 1. The number of urea groups is 1. The van der Waals surface area contributed by atoms with Crippen LogP contribution in [0.2, 0.25) is 0 Å². The quantitative estimate of drug-likeness (QED) is 0.500. The minimum absolute atomic E-state index is 0.0543. The number of rotatable bonds is 8. The third kappa shape index (κ3) is 6.97. The van der Waals surface area contributed by atoms with Crippen LogP contribution in [-0.2, 0) is 15.3 Å². The van der Waals surface area contributed by atoms with Gasteiger partial charge in [0.2, 0.25) is 0 Å². The van der Waals surface area contributed by atoms with Gasteiger partial charge < -0.3 is 10.1 Å². The number of benzene rings is 1. The zero-order valence-electron chi connectivity index (χ0n) is 16.0. The molecule has 0 aliphatic heterocycles. The first-order chi connectivity index (χ1) is 13.4. The highest BCUT2D eigenvalue weighted by Gasteiger charge is 2.16. The van der Waals surface area contributed by atoms with Crippen molar-refractivity contribution in [3.8, 4) is 0 Å². The highest BCUT2D eigenvalue weighted by atomic mass is 32.2. The van der Waals surface area contributed by atoms with Gasteiger partial charge in [-0.2, -0.15) is 0 Å². The van der Waals surface area contributed by atoms with Gasteiger partial charge >= 0.3 is 12.0 Å². The van der Waals surface area contributed by atoms with E-state index in [0.29, 0.717) is 11.3 Å². The summed E-state index contributed by atoms with van der Waals surface area (Å²) in [6.07, 6.45) is 0.742. The molecule has 0 saturated carbocycles. The minimum atomic E-state index is -0.681. The lowest BCUT2D eigenvalue weighted by molar-refractivity contribution is -0.123. The molecule has 1 atom stereocenters. The van der Waals surface area contributed by atoms with Crippen LogP contribution in [0.1, 0.15) is 41.9 Å². The summed E-state index contributed by atoms with van der Waals surface area (Å²) in [4.78, 5) is 40.2. The molecule has 2 rings (SSSR count). The Morgan fingerprint density at radius 1 is 1.29 bits per heavy atom. The topological polar surface area (TPSA) is 97.4 Å². The maximum Gasteiger partial charge on any atom is 0.338 e. The smallest absolute Gasteiger partial charge is 0.338 e. The highest BCUT2D eigenvalue weighted by molar-refractivity contribution is 8.00. The number of carbonyl (C=O) groups is 3. The summed E-state index contributed by atoms with van der Waals surface area (Å²) in [5.41, 5.74) is 2.14. The van der Waals surface area contributed by atoms with Gasteiger partial charge in [-0.1, -0.05) is 36.9 Å². The Labute approximate surface area is 172 Å². The maximum absolute atomic E-state index is 12.4. The molecule has 1 aromatic heterocycles. The lowest BCUT2D eigenvalue weighted by Gasteiger charge is -2.12.